The van der Waals surface area contributed by atoms with Crippen LogP contribution in [0.2, 0.25) is 0 Å². The SMILES string of the molecule is CC.CCN1C(=O)Cc2ccc(C)cc21. The van der Waals surface area contributed by atoms with E-state index in [2.05, 4.69) is 25.1 Å². The molecule has 2 rings (SSSR count). The number of likely N-dealkylation sites (N-methyl/N-ethyl adjacent to an activating group) is 1. The van der Waals surface area contributed by atoms with Crippen LogP contribution in [-0.2, 0) is 11.2 Å². The van der Waals surface area contributed by atoms with Crippen molar-refractivity contribution in [1.82, 2.24) is 0 Å². The molecular weight excluding hydrogens is 186 g/mol. The van der Waals surface area contributed by atoms with Crippen molar-refractivity contribution in [3.05, 3.63) is 29.3 Å². The molecule has 2 nitrogen and oxygen atoms in total. The van der Waals surface area contributed by atoms with Crippen LogP contribution in [0.15, 0.2) is 18.2 Å². The molecule has 0 spiro atoms. The van der Waals surface area contributed by atoms with Crippen molar-refractivity contribution in [3.63, 3.8) is 0 Å². The maximum absolute atomic E-state index is 11.5. The third-order valence-electron chi connectivity index (χ3n) is 2.49. The summed E-state index contributed by atoms with van der Waals surface area (Å²) in [6.07, 6.45) is 0.573. The molecule has 2 heteroatoms. The van der Waals surface area contributed by atoms with Crippen LogP contribution >= 0.6 is 0 Å². The molecule has 0 radical (unpaired) electrons. The lowest BCUT2D eigenvalue weighted by Gasteiger charge is -2.14. The molecule has 0 N–H and O–H groups in total. The molecule has 1 heterocycles. The van der Waals surface area contributed by atoms with Crippen molar-refractivity contribution >= 4 is 11.6 Å². The fourth-order valence-electron chi connectivity index (χ4n) is 1.81. The second-order valence-electron chi connectivity index (χ2n) is 3.45. The zero-order chi connectivity index (χ0) is 11.4. The van der Waals surface area contributed by atoms with Gasteiger partial charge in [-0.2, -0.15) is 0 Å². The summed E-state index contributed by atoms with van der Waals surface area (Å²) in [7, 11) is 0. The van der Waals surface area contributed by atoms with E-state index in [1.54, 1.807) is 0 Å². The van der Waals surface area contributed by atoms with E-state index in [1.807, 2.05) is 25.7 Å². The second-order valence-corrected chi connectivity index (χ2v) is 3.45. The number of benzene rings is 1. The van der Waals surface area contributed by atoms with Crippen LogP contribution in [0.1, 0.15) is 31.9 Å². The third kappa shape index (κ3) is 2.20. The van der Waals surface area contributed by atoms with Crippen LogP contribution < -0.4 is 4.90 Å². The largest absolute Gasteiger partial charge is 0.312 e. The zero-order valence-electron chi connectivity index (χ0n) is 10.0. The molecule has 0 saturated carbocycles. The average Bonchev–Trinajstić information content (AvgIpc) is 2.56. The summed E-state index contributed by atoms with van der Waals surface area (Å²) in [5.74, 6) is 0.225. The Morgan fingerprint density at radius 2 is 2.00 bits per heavy atom. The molecule has 0 unspecified atom stereocenters. The summed E-state index contributed by atoms with van der Waals surface area (Å²) >= 11 is 0. The number of aryl methyl sites for hydroxylation is 1. The van der Waals surface area contributed by atoms with Gasteiger partial charge in [-0.25, -0.2) is 0 Å². The van der Waals surface area contributed by atoms with Gasteiger partial charge in [-0.1, -0.05) is 26.0 Å². The molecule has 0 bridgehead atoms. The van der Waals surface area contributed by atoms with Gasteiger partial charge < -0.3 is 4.90 Å². The molecule has 82 valence electrons. The lowest BCUT2D eigenvalue weighted by Crippen LogP contribution is -2.25. The lowest BCUT2D eigenvalue weighted by molar-refractivity contribution is -0.117. The summed E-state index contributed by atoms with van der Waals surface area (Å²) in [5, 5.41) is 0. The van der Waals surface area contributed by atoms with E-state index in [1.165, 1.54) is 5.56 Å². The molecule has 0 saturated heterocycles. The van der Waals surface area contributed by atoms with Crippen LogP contribution in [0.25, 0.3) is 0 Å². The summed E-state index contributed by atoms with van der Waals surface area (Å²) in [4.78, 5) is 13.3. The van der Waals surface area contributed by atoms with E-state index in [-0.39, 0.29) is 5.91 Å². The van der Waals surface area contributed by atoms with E-state index >= 15 is 0 Å². The first-order chi connectivity index (χ1) is 7.22. The molecule has 0 aliphatic carbocycles. The highest BCUT2D eigenvalue weighted by atomic mass is 16.2. The first-order valence-corrected chi connectivity index (χ1v) is 5.62. The lowest BCUT2D eigenvalue weighted by atomic mass is 10.1. The van der Waals surface area contributed by atoms with Crippen molar-refractivity contribution in [2.45, 2.75) is 34.1 Å². The van der Waals surface area contributed by atoms with Crippen molar-refractivity contribution < 1.29 is 4.79 Å². The van der Waals surface area contributed by atoms with Crippen LogP contribution in [-0.4, -0.2) is 12.5 Å². The Morgan fingerprint density at radius 3 is 2.60 bits per heavy atom. The Morgan fingerprint density at radius 1 is 1.33 bits per heavy atom. The van der Waals surface area contributed by atoms with E-state index in [0.717, 1.165) is 17.8 Å². The fraction of sp³-hybridized carbons (Fsp3) is 0.462. The Bertz CT molecular complexity index is 358. The van der Waals surface area contributed by atoms with Gasteiger partial charge in [-0.15, -0.1) is 0 Å². The van der Waals surface area contributed by atoms with Crippen molar-refractivity contribution in [2.75, 3.05) is 11.4 Å². The van der Waals surface area contributed by atoms with Gasteiger partial charge in [-0.05, 0) is 31.0 Å². The monoisotopic (exact) mass is 205 g/mol. The van der Waals surface area contributed by atoms with Gasteiger partial charge in [0.15, 0.2) is 0 Å². The summed E-state index contributed by atoms with van der Waals surface area (Å²) in [5.41, 5.74) is 3.48. The van der Waals surface area contributed by atoms with Crippen LogP contribution in [0, 0.1) is 6.92 Å². The first-order valence-electron chi connectivity index (χ1n) is 5.62. The highest BCUT2D eigenvalue weighted by Crippen LogP contribution is 2.29. The molecule has 1 aromatic rings. The van der Waals surface area contributed by atoms with Gasteiger partial charge in [0.05, 0.1) is 6.42 Å². The second kappa shape index (κ2) is 4.96. The predicted octanol–water partition coefficient (Wildman–Crippen LogP) is 2.93. The highest BCUT2D eigenvalue weighted by molar-refractivity contribution is 6.01. The third-order valence-corrected chi connectivity index (χ3v) is 2.49. The average molecular weight is 205 g/mol. The molecule has 1 aliphatic heterocycles. The standard InChI is InChI=1S/C11H13NO.C2H6/c1-3-12-10-6-8(2)4-5-9(10)7-11(12)13;1-2/h4-6H,3,7H2,1-2H3;1-2H3. The number of anilines is 1. The first kappa shape index (κ1) is 11.8. The number of hydrogen-bond acceptors (Lipinski definition) is 1. The molecule has 0 fully saturated rings. The van der Waals surface area contributed by atoms with E-state index in [0.29, 0.717) is 6.42 Å². The van der Waals surface area contributed by atoms with E-state index in [9.17, 15) is 4.79 Å². The van der Waals surface area contributed by atoms with Crippen molar-refractivity contribution in [3.8, 4) is 0 Å². The van der Waals surface area contributed by atoms with Crippen LogP contribution in [0.5, 0.6) is 0 Å². The topological polar surface area (TPSA) is 20.3 Å². The number of carbonyl (C=O) groups is 1. The number of rotatable bonds is 1. The van der Waals surface area contributed by atoms with Crippen molar-refractivity contribution in [1.29, 1.82) is 0 Å². The van der Waals surface area contributed by atoms with E-state index < -0.39 is 0 Å². The van der Waals surface area contributed by atoms with Gasteiger partial charge in [0, 0.05) is 12.2 Å². The summed E-state index contributed by atoms with van der Waals surface area (Å²) < 4.78 is 0. The molecule has 1 aromatic carbocycles. The predicted molar refractivity (Wildman–Crippen MR) is 64.3 cm³/mol. The van der Waals surface area contributed by atoms with Gasteiger partial charge >= 0.3 is 0 Å². The minimum absolute atomic E-state index is 0.225. The highest BCUT2D eigenvalue weighted by Gasteiger charge is 2.25. The van der Waals surface area contributed by atoms with Crippen LogP contribution in [0.4, 0.5) is 5.69 Å². The summed E-state index contributed by atoms with van der Waals surface area (Å²) in [6, 6.07) is 6.20. The Balaban J connectivity index is 0.000000531. The molecule has 15 heavy (non-hydrogen) atoms. The number of fused-ring (bicyclic) bond motifs is 1. The normalized spacial score (nSPS) is 13.3. The van der Waals surface area contributed by atoms with Gasteiger partial charge in [0.2, 0.25) is 5.91 Å². The van der Waals surface area contributed by atoms with Gasteiger partial charge in [-0.3, -0.25) is 4.79 Å². The minimum Gasteiger partial charge on any atom is -0.312 e. The molecular formula is C13H19NO. The number of amides is 1. The fourth-order valence-corrected chi connectivity index (χ4v) is 1.81. The Hall–Kier alpha value is -1.31. The molecule has 1 amide bonds. The Labute approximate surface area is 91.9 Å². The number of hydrogen-bond donors (Lipinski definition) is 0. The smallest absolute Gasteiger partial charge is 0.231 e. The molecule has 0 atom stereocenters. The maximum Gasteiger partial charge on any atom is 0.231 e. The number of nitrogens with zero attached hydrogens (tertiary/aromatic N) is 1. The van der Waals surface area contributed by atoms with Crippen LogP contribution in [0.3, 0.4) is 0 Å². The minimum atomic E-state index is 0.225. The van der Waals surface area contributed by atoms with E-state index in [4.69, 9.17) is 0 Å². The van der Waals surface area contributed by atoms with Crippen molar-refractivity contribution in [2.24, 2.45) is 0 Å². The molecule has 1 aliphatic rings. The number of carbonyl (C=O) groups excluding carboxylic acids is 1. The van der Waals surface area contributed by atoms with Gasteiger partial charge in [0.25, 0.3) is 0 Å². The maximum atomic E-state index is 11.5. The summed E-state index contributed by atoms with van der Waals surface area (Å²) in [6.45, 7) is 8.83. The van der Waals surface area contributed by atoms with Gasteiger partial charge in [0.1, 0.15) is 0 Å². The Kier molecular flexibility index (Phi) is 3.89. The quantitative estimate of drug-likeness (QED) is 0.690. The molecule has 0 aromatic heterocycles. The zero-order valence-corrected chi connectivity index (χ0v) is 10.0.